The standard InChI is InChI=1S/C37H44N4O9S/c1-8-9-16-47-34(44)39-32-22(2)17-27(18-23(32)3)49-26-14-15-28(29(20-26)41(7)36(46)50-37(4,5)6)38-31(42)21-48-25-12-10-24(11-13-25)19-30-33(43)40-35(45)51-30/h10-15,17-18,20,30H,8-9,16,19,21H2,1-7H3,(H,38,42)(H,39,44)(H,40,43,45). The van der Waals surface area contributed by atoms with Gasteiger partial charge in [0.2, 0.25) is 5.91 Å². The summed E-state index contributed by atoms with van der Waals surface area (Å²) in [4.78, 5) is 63.0. The smallest absolute Gasteiger partial charge is 0.414 e. The van der Waals surface area contributed by atoms with Crippen LogP contribution < -0.4 is 30.3 Å². The van der Waals surface area contributed by atoms with E-state index in [0.717, 1.165) is 41.3 Å². The molecule has 3 aromatic carbocycles. The van der Waals surface area contributed by atoms with Gasteiger partial charge in [0.25, 0.3) is 11.1 Å². The summed E-state index contributed by atoms with van der Waals surface area (Å²) in [6, 6.07) is 15.3. The molecule has 1 unspecified atom stereocenters. The minimum Gasteiger partial charge on any atom is -0.484 e. The number of nitrogens with zero attached hydrogens (tertiary/aromatic N) is 1. The van der Waals surface area contributed by atoms with Crippen molar-refractivity contribution in [2.75, 3.05) is 35.8 Å². The number of nitrogens with one attached hydrogen (secondary N) is 3. The highest BCUT2D eigenvalue weighted by Crippen LogP contribution is 2.35. The molecule has 1 heterocycles. The largest absolute Gasteiger partial charge is 0.484 e. The maximum absolute atomic E-state index is 13.1. The van der Waals surface area contributed by atoms with Crippen LogP contribution in [0.5, 0.6) is 17.2 Å². The minimum atomic E-state index is -0.765. The van der Waals surface area contributed by atoms with Crippen LogP contribution in [0.2, 0.25) is 0 Å². The highest BCUT2D eigenvalue weighted by atomic mass is 32.2. The summed E-state index contributed by atoms with van der Waals surface area (Å²) in [6.45, 7) is 11.0. The average Bonchev–Trinajstić information content (AvgIpc) is 3.37. The topological polar surface area (TPSA) is 162 Å². The van der Waals surface area contributed by atoms with E-state index in [1.54, 1.807) is 75.4 Å². The minimum absolute atomic E-state index is 0.312. The quantitative estimate of drug-likeness (QED) is 0.149. The van der Waals surface area contributed by atoms with Gasteiger partial charge < -0.3 is 24.3 Å². The third-order valence-corrected chi connectivity index (χ3v) is 8.43. The van der Waals surface area contributed by atoms with E-state index in [1.165, 1.54) is 11.9 Å². The lowest BCUT2D eigenvalue weighted by atomic mass is 10.1. The molecule has 1 saturated heterocycles. The van der Waals surface area contributed by atoms with Crippen molar-refractivity contribution in [3.05, 3.63) is 71.3 Å². The Balaban J connectivity index is 1.46. The zero-order valence-electron chi connectivity index (χ0n) is 29.8. The number of benzene rings is 3. The summed E-state index contributed by atoms with van der Waals surface area (Å²) in [5.41, 5.74) is 2.85. The van der Waals surface area contributed by atoms with E-state index in [9.17, 15) is 24.0 Å². The molecule has 1 aliphatic rings. The number of carbonyl (C=O) groups is 5. The van der Waals surface area contributed by atoms with E-state index >= 15 is 0 Å². The van der Waals surface area contributed by atoms with Crippen molar-refractivity contribution in [3.8, 4) is 17.2 Å². The van der Waals surface area contributed by atoms with E-state index in [-0.39, 0.29) is 17.8 Å². The number of aryl methyl sites for hydroxylation is 2. The Hall–Kier alpha value is -5.24. The molecule has 4 rings (SSSR count). The maximum Gasteiger partial charge on any atom is 0.414 e. The first-order valence-electron chi connectivity index (χ1n) is 16.5. The molecule has 0 aromatic heterocycles. The van der Waals surface area contributed by atoms with Gasteiger partial charge in [0.05, 0.1) is 28.9 Å². The molecule has 1 atom stereocenters. The zero-order valence-corrected chi connectivity index (χ0v) is 30.7. The van der Waals surface area contributed by atoms with E-state index < -0.39 is 28.9 Å². The van der Waals surface area contributed by atoms with Crippen LogP contribution in [-0.4, -0.2) is 60.4 Å². The van der Waals surface area contributed by atoms with Gasteiger partial charge in [-0.2, -0.15) is 0 Å². The molecule has 1 fully saturated rings. The Labute approximate surface area is 301 Å². The molecule has 0 saturated carbocycles. The molecule has 1 aliphatic heterocycles. The number of anilines is 3. The lowest BCUT2D eigenvalue weighted by molar-refractivity contribution is -0.119. The number of ether oxygens (including phenoxy) is 4. The number of hydrogen-bond donors (Lipinski definition) is 3. The molecule has 272 valence electrons. The van der Waals surface area contributed by atoms with Crippen LogP contribution in [0, 0.1) is 13.8 Å². The van der Waals surface area contributed by atoms with Crippen LogP contribution in [0.4, 0.5) is 31.4 Å². The Bertz CT molecular complexity index is 1750. The highest BCUT2D eigenvalue weighted by Gasteiger charge is 2.31. The lowest BCUT2D eigenvalue weighted by Gasteiger charge is -2.26. The van der Waals surface area contributed by atoms with E-state index in [2.05, 4.69) is 16.0 Å². The molecule has 0 aliphatic carbocycles. The first-order valence-corrected chi connectivity index (χ1v) is 17.4. The normalized spacial score (nSPS) is 14.0. The second-order valence-electron chi connectivity index (χ2n) is 12.9. The van der Waals surface area contributed by atoms with Crippen LogP contribution >= 0.6 is 11.8 Å². The maximum atomic E-state index is 13.1. The highest BCUT2D eigenvalue weighted by molar-refractivity contribution is 8.15. The number of thioether (sulfide) groups is 1. The number of carbonyl (C=O) groups excluding carboxylic acids is 5. The van der Waals surface area contributed by atoms with Crippen LogP contribution in [0.3, 0.4) is 0 Å². The summed E-state index contributed by atoms with van der Waals surface area (Å²) in [7, 11) is 1.53. The van der Waals surface area contributed by atoms with Gasteiger partial charge in [-0.05, 0) is 101 Å². The molecule has 3 aromatic rings. The number of hydrogen-bond acceptors (Lipinski definition) is 10. The Morgan fingerprint density at radius 3 is 2.20 bits per heavy atom. The van der Waals surface area contributed by atoms with Gasteiger partial charge in [-0.1, -0.05) is 37.2 Å². The predicted molar refractivity (Wildman–Crippen MR) is 196 cm³/mol. The fourth-order valence-electron chi connectivity index (χ4n) is 4.95. The number of amides is 5. The zero-order chi connectivity index (χ0) is 37.3. The van der Waals surface area contributed by atoms with Gasteiger partial charge in [0.1, 0.15) is 22.8 Å². The number of rotatable bonds is 13. The van der Waals surface area contributed by atoms with Gasteiger partial charge in [0, 0.05) is 13.1 Å². The average molecular weight is 721 g/mol. The van der Waals surface area contributed by atoms with Gasteiger partial charge in [-0.25, -0.2) is 9.59 Å². The Morgan fingerprint density at radius 1 is 0.922 bits per heavy atom. The predicted octanol–water partition coefficient (Wildman–Crippen LogP) is 7.73. The molecule has 13 nitrogen and oxygen atoms in total. The summed E-state index contributed by atoms with van der Waals surface area (Å²) in [6.07, 6.45) is 0.916. The molecule has 0 radical (unpaired) electrons. The molecule has 0 spiro atoms. The van der Waals surface area contributed by atoms with E-state index in [4.69, 9.17) is 18.9 Å². The summed E-state index contributed by atoms with van der Waals surface area (Å²) in [5, 5.41) is 7.03. The second-order valence-corrected chi connectivity index (χ2v) is 14.1. The van der Waals surface area contributed by atoms with Crippen molar-refractivity contribution in [1.82, 2.24) is 5.32 Å². The first-order chi connectivity index (χ1) is 24.1. The Kier molecular flexibility index (Phi) is 12.9. The summed E-state index contributed by atoms with van der Waals surface area (Å²) in [5.74, 6) is 0.519. The van der Waals surface area contributed by atoms with Crippen LogP contribution in [0.15, 0.2) is 54.6 Å². The molecular formula is C37H44N4O9S. The van der Waals surface area contributed by atoms with E-state index in [1.807, 2.05) is 20.8 Å². The summed E-state index contributed by atoms with van der Waals surface area (Å²) >= 11 is 0.961. The fourth-order valence-corrected chi connectivity index (χ4v) is 5.81. The SMILES string of the molecule is CCCCOC(=O)Nc1c(C)cc(Oc2ccc(NC(=O)COc3ccc(CC4SC(=O)NC4=O)cc3)c(N(C)C(=O)OC(C)(C)C)c2)cc1C. The molecular weight excluding hydrogens is 676 g/mol. The van der Waals surface area contributed by atoms with Crippen molar-refractivity contribution in [1.29, 1.82) is 0 Å². The number of unbranched alkanes of at least 4 members (excludes halogenated alkanes) is 1. The molecule has 3 N–H and O–H groups in total. The van der Waals surface area contributed by atoms with Gasteiger partial charge >= 0.3 is 12.2 Å². The monoisotopic (exact) mass is 720 g/mol. The van der Waals surface area contributed by atoms with Crippen molar-refractivity contribution in [2.45, 2.75) is 71.7 Å². The van der Waals surface area contributed by atoms with Crippen LogP contribution in [0.1, 0.15) is 57.2 Å². The molecule has 14 heteroatoms. The second kappa shape index (κ2) is 17.1. The van der Waals surface area contributed by atoms with Crippen LogP contribution in [0.25, 0.3) is 0 Å². The van der Waals surface area contributed by atoms with Crippen molar-refractivity contribution >= 4 is 58.1 Å². The molecule has 5 amide bonds. The van der Waals surface area contributed by atoms with Crippen molar-refractivity contribution in [2.24, 2.45) is 0 Å². The van der Waals surface area contributed by atoms with Crippen LogP contribution in [-0.2, 0) is 25.5 Å². The lowest BCUT2D eigenvalue weighted by Crippen LogP contribution is -2.34. The van der Waals surface area contributed by atoms with Crippen molar-refractivity contribution in [3.63, 3.8) is 0 Å². The number of imide groups is 1. The summed E-state index contributed by atoms with van der Waals surface area (Å²) < 4.78 is 22.7. The molecule has 51 heavy (non-hydrogen) atoms. The van der Waals surface area contributed by atoms with Gasteiger partial charge in [-0.15, -0.1) is 0 Å². The Morgan fingerprint density at radius 2 is 1.59 bits per heavy atom. The first kappa shape index (κ1) is 38.6. The van der Waals surface area contributed by atoms with Crippen molar-refractivity contribution < 1.29 is 42.9 Å². The third kappa shape index (κ3) is 11.4. The molecule has 0 bridgehead atoms. The van der Waals surface area contributed by atoms with Gasteiger partial charge in [-0.3, -0.25) is 29.9 Å². The fraction of sp³-hybridized carbons (Fsp3) is 0.378. The van der Waals surface area contributed by atoms with Gasteiger partial charge in [0.15, 0.2) is 6.61 Å². The van der Waals surface area contributed by atoms with E-state index in [0.29, 0.717) is 47.3 Å². The third-order valence-electron chi connectivity index (χ3n) is 7.45.